The maximum absolute atomic E-state index is 12.9. The molecular weight excluding hydrogens is 368 g/mol. The van der Waals surface area contributed by atoms with Crippen LogP contribution in [-0.2, 0) is 19.1 Å². The lowest BCUT2D eigenvalue weighted by molar-refractivity contribution is -0.197. The minimum Gasteiger partial charge on any atom is -0.450 e. The van der Waals surface area contributed by atoms with E-state index < -0.39 is 17.1 Å². The number of ether oxygens (including phenoxy) is 1. The smallest absolute Gasteiger partial charge is 0.306 e. The molecule has 3 fully saturated rings. The van der Waals surface area contributed by atoms with E-state index in [4.69, 9.17) is 4.74 Å². The van der Waals surface area contributed by atoms with Crippen LogP contribution in [0.3, 0.4) is 0 Å². The molecule has 0 aromatic rings. The molecule has 5 nitrogen and oxygen atoms in total. The predicted molar refractivity (Wildman–Crippen MR) is 108 cm³/mol. The Kier molecular flexibility index (Phi) is 4.69. The van der Waals surface area contributed by atoms with E-state index in [0.29, 0.717) is 12.8 Å². The first-order chi connectivity index (χ1) is 13.6. The van der Waals surface area contributed by atoms with Gasteiger partial charge in [-0.1, -0.05) is 32.4 Å². The van der Waals surface area contributed by atoms with Gasteiger partial charge in [-0.3, -0.25) is 14.4 Å². The van der Waals surface area contributed by atoms with Crippen LogP contribution < -0.4 is 0 Å². The summed E-state index contributed by atoms with van der Waals surface area (Å²) in [7, 11) is 0. The maximum atomic E-state index is 12.9. The Labute approximate surface area is 172 Å². The van der Waals surface area contributed by atoms with Gasteiger partial charge in [0.25, 0.3) is 0 Å². The van der Waals surface area contributed by atoms with Crippen LogP contribution in [0.2, 0.25) is 0 Å². The molecule has 0 radical (unpaired) electrons. The summed E-state index contributed by atoms with van der Waals surface area (Å²) in [6, 6.07) is 0. The van der Waals surface area contributed by atoms with Crippen LogP contribution >= 0.6 is 0 Å². The van der Waals surface area contributed by atoms with E-state index in [1.807, 2.05) is 13.0 Å². The molecule has 4 aliphatic rings. The van der Waals surface area contributed by atoms with E-state index >= 15 is 0 Å². The molecule has 0 aliphatic heterocycles. The number of carbonyl (C=O) groups is 3. The number of rotatable bonds is 3. The van der Waals surface area contributed by atoms with Crippen molar-refractivity contribution in [3.05, 3.63) is 23.8 Å². The van der Waals surface area contributed by atoms with E-state index in [1.54, 1.807) is 19.1 Å². The van der Waals surface area contributed by atoms with Crippen LogP contribution in [-0.4, -0.2) is 34.3 Å². The van der Waals surface area contributed by atoms with Crippen molar-refractivity contribution in [2.45, 2.75) is 77.9 Å². The normalized spacial score (nSPS) is 45.7. The van der Waals surface area contributed by atoms with Crippen molar-refractivity contribution in [1.29, 1.82) is 0 Å². The highest BCUT2D eigenvalue weighted by atomic mass is 16.6. The fraction of sp³-hybridized carbons (Fsp3) is 0.708. The zero-order chi connectivity index (χ0) is 21.2. The first-order valence-corrected chi connectivity index (χ1v) is 10.9. The molecule has 0 amide bonds. The minimum atomic E-state index is -1.15. The van der Waals surface area contributed by atoms with Crippen molar-refractivity contribution in [1.82, 2.24) is 0 Å². The molecule has 1 N–H and O–H groups in total. The van der Waals surface area contributed by atoms with Gasteiger partial charge in [0.1, 0.15) is 0 Å². The van der Waals surface area contributed by atoms with Gasteiger partial charge in [-0.15, -0.1) is 0 Å². The summed E-state index contributed by atoms with van der Waals surface area (Å²) in [5.74, 6) is -0.00307. The maximum Gasteiger partial charge on any atom is 0.306 e. The number of aliphatic hydroxyl groups is 1. The summed E-state index contributed by atoms with van der Waals surface area (Å²) in [4.78, 5) is 37.0. The van der Waals surface area contributed by atoms with Crippen LogP contribution in [0.15, 0.2) is 23.8 Å². The Morgan fingerprint density at radius 2 is 2.00 bits per heavy atom. The lowest BCUT2D eigenvalue weighted by Gasteiger charge is -2.59. The second-order valence-electron chi connectivity index (χ2n) is 9.96. The van der Waals surface area contributed by atoms with Gasteiger partial charge in [-0.2, -0.15) is 0 Å². The highest BCUT2D eigenvalue weighted by Crippen LogP contribution is 2.67. The van der Waals surface area contributed by atoms with Gasteiger partial charge in [0.15, 0.2) is 17.2 Å². The zero-order valence-electron chi connectivity index (χ0n) is 17.9. The van der Waals surface area contributed by atoms with Crippen LogP contribution in [0.1, 0.15) is 66.2 Å². The van der Waals surface area contributed by atoms with Crippen LogP contribution in [0, 0.1) is 28.6 Å². The lowest BCUT2D eigenvalue weighted by Crippen LogP contribution is -2.62. The van der Waals surface area contributed by atoms with Crippen molar-refractivity contribution in [2.24, 2.45) is 28.6 Å². The van der Waals surface area contributed by atoms with Crippen LogP contribution in [0.25, 0.3) is 0 Å². The van der Waals surface area contributed by atoms with Gasteiger partial charge >= 0.3 is 5.97 Å². The molecule has 4 aliphatic carbocycles. The van der Waals surface area contributed by atoms with Crippen molar-refractivity contribution in [2.75, 3.05) is 0 Å². The molecule has 0 bridgehead atoms. The predicted octanol–water partition coefficient (Wildman–Crippen LogP) is 3.55. The summed E-state index contributed by atoms with van der Waals surface area (Å²) >= 11 is 0. The van der Waals surface area contributed by atoms with Crippen molar-refractivity contribution >= 4 is 17.5 Å². The number of ketones is 2. The summed E-state index contributed by atoms with van der Waals surface area (Å²) < 4.78 is 5.89. The third-order valence-electron chi connectivity index (χ3n) is 8.76. The molecule has 0 spiro atoms. The Bertz CT molecular complexity index is 825. The van der Waals surface area contributed by atoms with Gasteiger partial charge in [0.05, 0.1) is 6.10 Å². The highest BCUT2D eigenvalue weighted by molar-refractivity contribution is 6.01. The number of esters is 1. The summed E-state index contributed by atoms with van der Waals surface area (Å²) in [5.41, 5.74) is -0.941. The quantitative estimate of drug-likeness (QED) is 0.733. The third-order valence-corrected chi connectivity index (χ3v) is 8.76. The number of aliphatic hydroxyl groups excluding tert-OH is 1. The van der Waals surface area contributed by atoms with E-state index in [2.05, 4.69) is 6.92 Å². The van der Waals surface area contributed by atoms with Crippen LogP contribution in [0.5, 0.6) is 0 Å². The van der Waals surface area contributed by atoms with Gasteiger partial charge in [0, 0.05) is 23.2 Å². The average molecular weight is 401 g/mol. The van der Waals surface area contributed by atoms with Gasteiger partial charge < -0.3 is 9.84 Å². The second kappa shape index (κ2) is 6.63. The summed E-state index contributed by atoms with van der Waals surface area (Å²) in [6.07, 6.45) is 8.46. The first kappa shape index (κ1) is 20.5. The Hall–Kier alpha value is -1.75. The fourth-order valence-corrected chi connectivity index (χ4v) is 7.40. The molecule has 5 heteroatoms. The number of carbonyl (C=O) groups excluding carboxylic acids is 3. The number of hydrogen-bond donors (Lipinski definition) is 1. The monoisotopic (exact) mass is 400 g/mol. The van der Waals surface area contributed by atoms with Gasteiger partial charge in [0.2, 0.25) is 0 Å². The van der Waals surface area contributed by atoms with E-state index in [-0.39, 0.29) is 47.1 Å². The standard InChI is InChI=1S/C24H32O5/c1-5-20(28)29-24(14(2)25)11-9-18-17-7-6-15-12-16(26)8-10-22(15,3)21(17)19(27)13-23(18,24)4/h8,10,12,17-19,21,27H,5-7,9,11,13H2,1-4H3/t17?,18?,19?,21?,22-,23-,24-/m0/s1. The highest BCUT2D eigenvalue weighted by Gasteiger charge is 2.69. The van der Waals surface area contributed by atoms with E-state index in [0.717, 1.165) is 24.8 Å². The largest absolute Gasteiger partial charge is 0.450 e. The molecule has 4 unspecified atom stereocenters. The number of allylic oxidation sites excluding steroid dienone is 4. The van der Waals surface area contributed by atoms with Crippen LogP contribution in [0.4, 0.5) is 0 Å². The Balaban J connectivity index is 1.75. The number of hydrogen-bond acceptors (Lipinski definition) is 5. The summed E-state index contributed by atoms with van der Waals surface area (Å²) in [6.45, 7) is 7.44. The molecule has 7 atom stereocenters. The average Bonchev–Trinajstić information content (AvgIpc) is 2.94. The van der Waals surface area contributed by atoms with Crippen molar-refractivity contribution in [3.8, 4) is 0 Å². The Morgan fingerprint density at radius 1 is 1.28 bits per heavy atom. The molecule has 0 aromatic carbocycles. The molecule has 0 heterocycles. The topological polar surface area (TPSA) is 80.7 Å². The van der Waals surface area contributed by atoms with E-state index in [9.17, 15) is 19.5 Å². The third kappa shape index (κ3) is 2.66. The molecular formula is C24H32O5. The van der Waals surface area contributed by atoms with E-state index in [1.165, 1.54) is 6.92 Å². The van der Waals surface area contributed by atoms with Crippen molar-refractivity contribution in [3.63, 3.8) is 0 Å². The molecule has 3 saturated carbocycles. The molecule has 158 valence electrons. The molecule has 29 heavy (non-hydrogen) atoms. The first-order valence-electron chi connectivity index (χ1n) is 10.9. The SMILES string of the molecule is CCC(=O)O[C@]1(C(C)=O)CCC2C3CCC4=CC(=O)C=C[C@]4(C)C3C(O)C[C@@]21C. The number of fused-ring (bicyclic) bond motifs is 5. The molecule has 4 rings (SSSR count). The Morgan fingerprint density at radius 3 is 2.66 bits per heavy atom. The number of Topliss-reactive ketones (excluding diaryl/α,β-unsaturated/α-hetero) is 1. The molecule has 0 aromatic heterocycles. The lowest BCUT2D eigenvalue weighted by atomic mass is 9.46. The van der Waals surface area contributed by atoms with Gasteiger partial charge in [-0.25, -0.2) is 0 Å². The summed E-state index contributed by atoms with van der Waals surface area (Å²) in [5, 5.41) is 11.4. The second-order valence-corrected chi connectivity index (χ2v) is 9.96. The van der Waals surface area contributed by atoms with Gasteiger partial charge in [-0.05, 0) is 63.0 Å². The fourth-order valence-electron chi connectivity index (χ4n) is 7.40. The molecule has 0 saturated heterocycles. The zero-order valence-corrected chi connectivity index (χ0v) is 17.9. The minimum absolute atomic E-state index is 0.00885. The van der Waals surface area contributed by atoms with Crippen molar-refractivity contribution < 1.29 is 24.2 Å².